The van der Waals surface area contributed by atoms with Crippen LogP contribution in [0.15, 0.2) is 30.3 Å². The van der Waals surface area contributed by atoms with Gasteiger partial charge in [-0.3, -0.25) is 19.2 Å². The molecule has 0 radical (unpaired) electrons. The van der Waals surface area contributed by atoms with Gasteiger partial charge in [0.1, 0.15) is 24.9 Å². The molecule has 9 nitrogen and oxygen atoms in total. The summed E-state index contributed by atoms with van der Waals surface area (Å²) >= 11 is 0. The number of carbonyl (C=O) groups is 4. The third-order valence-electron chi connectivity index (χ3n) is 4.08. The zero-order valence-electron chi connectivity index (χ0n) is 17.5. The molecule has 1 unspecified atom stereocenters. The number of ketones is 1. The molecule has 9 heteroatoms. The monoisotopic (exact) mass is 420 g/mol. The van der Waals surface area contributed by atoms with Crippen molar-refractivity contribution in [2.75, 3.05) is 13.2 Å². The van der Waals surface area contributed by atoms with Crippen LogP contribution < -0.4 is 5.32 Å². The van der Waals surface area contributed by atoms with E-state index >= 15 is 0 Å². The number of benzene rings is 1. The van der Waals surface area contributed by atoms with E-state index in [4.69, 9.17) is 14.3 Å². The third-order valence-corrected chi connectivity index (χ3v) is 4.08. The van der Waals surface area contributed by atoms with Crippen molar-refractivity contribution in [3.8, 4) is 0 Å². The summed E-state index contributed by atoms with van der Waals surface area (Å²) in [6, 6.07) is 7.82. The zero-order chi connectivity index (χ0) is 22.1. The average molecular weight is 420 g/mol. The van der Waals surface area contributed by atoms with Crippen LogP contribution in [-0.2, 0) is 35.3 Å². The van der Waals surface area contributed by atoms with E-state index in [2.05, 4.69) is 5.32 Å². The van der Waals surface area contributed by atoms with Gasteiger partial charge in [-0.15, -0.1) is 0 Å². The Morgan fingerprint density at radius 2 is 1.87 bits per heavy atom. The standard InChI is InChI=1S/C21H28N2O7/c1-21(2,3)30-19(26)12-16(17(24)14-29-23-11-7-10-18(23)25)22-20(27)28-13-15-8-5-4-6-9-15/h4-6,8-9,16H,7,10-14H2,1-3H3,(H,22,27). The number of esters is 1. The predicted molar refractivity (Wildman–Crippen MR) is 106 cm³/mol. The molecule has 1 heterocycles. The second-order valence-corrected chi connectivity index (χ2v) is 7.89. The summed E-state index contributed by atoms with van der Waals surface area (Å²) in [7, 11) is 0. The molecule has 1 N–H and O–H groups in total. The average Bonchev–Trinajstić information content (AvgIpc) is 3.08. The van der Waals surface area contributed by atoms with E-state index in [1.165, 1.54) is 0 Å². The molecule has 1 aromatic carbocycles. The first-order valence-electron chi connectivity index (χ1n) is 9.79. The molecule has 1 aliphatic heterocycles. The van der Waals surface area contributed by atoms with Gasteiger partial charge in [-0.1, -0.05) is 30.3 Å². The van der Waals surface area contributed by atoms with Gasteiger partial charge >= 0.3 is 12.1 Å². The highest BCUT2D eigenvalue weighted by molar-refractivity contribution is 5.92. The summed E-state index contributed by atoms with van der Waals surface area (Å²) in [6.45, 7) is 5.05. The highest BCUT2D eigenvalue weighted by atomic mass is 16.7. The van der Waals surface area contributed by atoms with Crippen LogP contribution in [0.3, 0.4) is 0 Å². The Morgan fingerprint density at radius 3 is 2.47 bits per heavy atom. The van der Waals surface area contributed by atoms with Crippen LogP contribution in [0.4, 0.5) is 4.79 Å². The maximum absolute atomic E-state index is 12.6. The minimum atomic E-state index is -1.21. The number of Topliss-reactive ketones (excluding diaryl/α,β-unsaturated/α-hetero) is 1. The molecule has 1 atom stereocenters. The first-order chi connectivity index (χ1) is 14.1. The Kier molecular flexibility index (Phi) is 8.35. The Bertz CT molecular complexity index is 758. The predicted octanol–water partition coefficient (Wildman–Crippen LogP) is 2.14. The molecule has 2 amide bonds. The Labute approximate surface area is 175 Å². The summed E-state index contributed by atoms with van der Waals surface area (Å²) in [6.07, 6.45) is -0.218. The molecule has 1 fully saturated rings. The van der Waals surface area contributed by atoms with E-state index in [-0.39, 0.29) is 18.9 Å². The molecule has 0 bridgehead atoms. The summed E-state index contributed by atoms with van der Waals surface area (Å²) in [5, 5.41) is 3.52. The SMILES string of the molecule is CC(C)(C)OC(=O)CC(NC(=O)OCc1ccccc1)C(=O)CON1CCCC1=O. The molecule has 0 aliphatic carbocycles. The van der Waals surface area contributed by atoms with Gasteiger partial charge in [0.15, 0.2) is 5.78 Å². The molecular formula is C21H28N2O7. The van der Waals surface area contributed by atoms with Crippen LogP contribution in [0.2, 0.25) is 0 Å². The molecule has 0 saturated carbocycles. The number of hydrogen-bond donors (Lipinski definition) is 1. The molecule has 164 valence electrons. The number of nitrogens with zero attached hydrogens (tertiary/aromatic N) is 1. The Hall–Kier alpha value is -2.94. The molecule has 1 aliphatic rings. The number of alkyl carbamates (subject to hydrolysis) is 1. The van der Waals surface area contributed by atoms with Crippen molar-refractivity contribution in [2.45, 2.75) is 58.3 Å². The van der Waals surface area contributed by atoms with Crippen molar-refractivity contribution >= 4 is 23.8 Å². The van der Waals surface area contributed by atoms with Crippen molar-refractivity contribution in [1.82, 2.24) is 10.4 Å². The zero-order valence-corrected chi connectivity index (χ0v) is 17.5. The molecule has 0 spiro atoms. The summed E-state index contributed by atoms with van der Waals surface area (Å²) < 4.78 is 10.4. The van der Waals surface area contributed by atoms with Crippen LogP contribution >= 0.6 is 0 Å². The van der Waals surface area contributed by atoms with Crippen molar-refractivity contribution < 1.29 is 33.5 Å². The minimum Gasteiger partial charge on any atom is -0.460 e. The van der Waals surface area contributed by atoms with Crippen molar-refractivity contribution in [3.05, 3.63) is 35.9 Å². The molecule has 2 rings (SSSR count). The Balaban J connectivity index is 1.94. The molecule has 0 aromatic heterocycles. The lowest BCUT2D eigenvalue weighted by molar-refractivity contribution is -0.180. The minimum absolute atomic E-state index is 0.0127. The van der Waals surface area contributed by atoms with Crippen molar-refractivity contribution in [3.63, 3.8) is 0 Å². The first kappa shape index (κ1) is 23.3. The summed E-state index contributed by atoms with van der Waals surface area (Å²) in [5.74, 6) is -1.43. The lowest BCUT2D eigenvalue weighted by Gasteiger charge is -2.23. The maximum Gasteiger partial charge on any atom is 0.408 e. The number of carbonyl (C=O) groups excluding carboxylic acids is 4. The van der Waals surface area contributed by atoms with E-state index in [0.29, 0.717) is 19.4 Å². The van der Waals surface area contributed by atoms with Crippen LogP contribution in [0.5, 0.6) is 0 Å². The van der Waals surface area contributed by atoms with Crippen LogP contribution in [-0.4, -0.2) is 53.6 Å². The van der Waals surface area contributed by atoms with E-state index in [1.807, 2.05) is 18.2 Å². The summed E-state index contributed by atoms with van der Waals surface area (Å²) in [5.41, 5.74) is 0.0373. The van der Waals surface area contributed by atoms with Crippen LogP contribution in [0.1, 0.15) is 45.6 Å². The highest BCUT2D eigenvalue weighted by Crippen LogP contribution is 2.12. The molecule has 1 saturated heterocycles. The third kappa shape index (κ3) is 8.20. The van der Waals surface area contributed by atoms with E-state index in [9.17, 15) is 19.2 Å². The van der Waals surface area contributed by atoms with Crippen LogP contribution in [0, 0.1) is 0 Å². The number of hydroxylamine groups is 2. The lowest BCUT2D eigenvalue weighted by atomic mass is 10.1. The second kappa shape index (κ2) is 10.7. The van der Waals surface area contributed by atoms with Gasteiger partial charge < -0.3 is 14.8 Å². The van der Waals surface area contributed by atoms with Gasteiger partial charge in [-0.25, -0.2) is 9.86 Å². The first-order valence-corrected chi connectivity index (χ1v) is 9.79. The summed E-state index contributed by atoms with van der Waals surface area (Å²) in [4.78, 5) is 53.8. The number of hydrogen-bond acceptors (Lipinski definition) is 7. The van der Waals surface area contributed by atoms with Gasteiger partial charge in [-0.2, -0.15) is 0 Å². The van der Waals surface area contributed by atoms with Crippen molar-refractivity contribution in [1.29, 1.82) is 0 Å². The second-order valence-electron chi connectivity index (χ2n) is 7.89. The molecule has 30 heavy (non-hydrogen) atoms. The highest BCUT2D eigenvalue weighted by Gasteiger charge is 2.29. The van der Waals surface area contributed by atoms with E-state index in [0.717, 1.165) is 10.6 Å². The lowest BCUT2D eigenvalue weighted by Crippen LogP contribution is -2.45. The van der Waals surface area contributed by atoms with E-state index < -0.39 is 36.1 Å². The van der Waals surface area contributed by atoms with Gasteiger partial charge in [0.05, 0.1) is 6.42 Å². The van der Waals surface area contributed by atoms with Crippen molar-refractivity contribution in [2.24, 2.45) is 0 Å². The maximum atomic E-state index is 12.6. The topological polar surface area (TPSA) is 111 Å². The fourth-order valence-electron chi connectivity index (χ4n) is 2.70. The number of amides is 2. The molecular weight excluding hydrogens is 392 g/mol. The van der Waals surface area contributed by atoms with Crippen LogP contribution in [0.25, 0.3) is 0 Å². The number of ether oxygens (including phenoxy) is 2. The quantitative estimate of drug-likeness (QED) is 0.609. The van der Waals surface area contributed by atoms with Gasteiger partial charge in [-0.05, 0) is 32.8 Å². The largest absolute Gasteiger partial charge is 0.460 e. The van der Waals surface area contributed by atoms with E-state index in [1.54, 1.807) is 32.9 Å². The van der Waals surface area contributed by atoms with Gasteiger partial charge in [0, 0.05) is 13.0 Å². The van der Waals surface area contributed by atoms with Gasteiger partial charge in [0.2, 0.25) is 5.91 Å². The number of nitrogens with one attached hydrogen (secondary N) is 1. The fourth-order valence-corrected chi connectivity index (χ4v) is 2.70. The number of rotatable bonds is 9. The smallest absolute Gasteiger partial charge is 0.408 e. The normalized spacial score (nSPS) is 14.9. The fraction of sp³-hybridized carbons (Fsp3) is 0.524. The molecule has 1 aromatic rings. The van der Waals surface area contributed by atoms with Gasteiger partial charge in [0.25, 0.3) is 0 Å². The Morgan fingerprint density at radius 1 is 1.17 bits per heavy atom.